The van der Waals surface area contributed by atoms with Crippen molar-refractivity contribution in [2.75, 3.05) is 6.61 Å². The quantitative estimate of drug-likeness (QED) is 0.492. The lowest BCUT2D eigenvalue weighted by atomic mass is 10.1. The summed E-state index contributed by atoms with van der Waals surface area (Å²) in [7, 11) is -3.91. The van der Waals surface area contributed by atoms with E-state index in [0.29, 0.717) is 6.42 Å². The van der Waals surface area contributed by atoms with E-state index in [0.717, 1.165) is 17.5 Å². The number of carbonyl (C=O) groups excluding carboxylic acids is 1. The minimum absolute atomic E-state index is 0.0457. The fourth-order valence-electron chi connectivity index (χ4n) is 2.07. The normalized spacial score (nSPS) is 13.2. The summed E-state index contributed by atoms with van der Waals surface area (Å²) in [6.45, 7) is 1.39. The smallest absolute Gasteiger partial charge is 0.371 e. The summed E-state index contributed by atoms with van der Waals surface area (Å²) >= 11 is 0. The average Bonchev–Trinajstić information content (AvgIpc) is 2.58. The van der Waals surface area contributed by atoms with E-state index in [1.54, 1.807) is 0 Å². The van der Waals surface area contributed by atoms with Gasteiger partial charge in [0.25, 0.3) is 0 Å². The van der Waals surface area contributed by atoms with E-state index in [1.165, 1.54) is 6.92 Å². The summed E-state index contributed by atoms with van der Waals surface area (Å²) in [6, 6.07) is 19.1. The van der Waals surface area contributed by atoms with Gasteiger partial charge in [0.1, 0.15) is 0 Å². The van der Waals surface area contributed by atoms with Gasteiger partial charge in [-0.1, -0.05) is 60.7 Å². The molecule has 0 saturated carbocycles. The summed E-state index contributed by atoms with van der Waals surface area (Å²) in [5, 5.41) is 0. The highest BCUT2D eigenvalue weighted by Crippen LogP contribution is 2.50. The molecule has 0 aliphatic heterocycles. The van der Waals surface area contributed by atoms with Gasteiger partial charge in [-0.2, -0.15) is 0 Å². The highest BCUT2D eigenvalue weighted by Gasteiger charge is 2.29. The SMILES string of the molecule is CC(=O)OP(=O)(OCCCc1ccccc1)OCc1ccccc1. The van der Waals surface area contributed by atoms with Gasteiger partial charge in [-0.05, 0) is 24.0 Å². The number of rotatable bonds is 9. The second kappa shape index (κ2) is 9.38. The number of aryl methyl sites for hydroxylation is 1. The van der Waals surface area contributed by atoms with Crippen LogP contribution in [-0.4, -0.2) is 12.6 Å². The predicted molar refractivity (Wildman–Crippen MR) is 91.3 cm³/mol. The zero-order valence-corrected chi connectivity index (χ0v) is 14.5. The van der Waals surface area contributed by atoms with E-state index in [4.69, 9.17) is 13.6 Å². The standard InChI is InChI=1S/C18H21O5P/c1-16(19)23-24(20,22-15-18-11-6-3-7-12-18)21-14-8-13-17-9-4-2-5-10-17/h2-7,9-12H,8,13-15H2,1H3. The van der Waals surface area contributed by atoms with Crippen LogP contribution >= 0.6 is 7.82 Å². The van der Waals surface area contributed by atoms with Crippen LogP contribution in [0.1, 0.15) is 24.5 Å². The van der Waals surface area contributed by atoms with Crippen LogP contribution in [0.5, 0.6) is 0 Å². The van der Waals surface area contributed by atoms with Crippen molar-refractivity contribution in [3.8, 4) is 0 Å². The van der Waals surface area contributed by atoms with Gasteiger partial charge in [0.05, 0.1) is 13.2 Å². The second-order valence-electron chi connectivity index (χ2n) is 5.21. The molecule has 2 aromatic rings. The van der Waals surface area contributed by atoms with Gasteiger partial charge >= 0.3 is 13.8 Å². The molecule has 0 radical (unpaired) electrons. The Bertz CT molecular complexity index is 672. The number of hydrogen-bond donors (Lipinski definition) is 0. The van der Waals surface area contributed by atoms with Crippen molar-refractivity contribution in [1.82, 2.24) is 0 Å². The molecule has 24 heavy (non-hydrogen) atoms. The first kappa shape index (κ1) is 18.4. The fraction of sp³-hybridized carbons (Fsp3) is 0.278. The molecule has 2 rings (SSSR count). The van der Waals surface area contributed by atoms with E-state index in [9.17, 15) is 9.36 Å². The lowest BCUT2D eigenvalue weighted by molar-refractivity contribution is -0.134. The maximum absolute atomic E-state index is 12.5. The first-order valence-corrected chi connectivity index (χ1v) is 9.20. The Morgan fingerprint density at radius 1 is 0.917 bits per heavy atom. The Balaban J connectivity index is 1.84. The molecule has 0 N–H and O–H groups in total. The minimum atomic E-state index is -3.91. The molecule has 6 heteroatoms. The van der Waals surface area contributed by atoms with Crippen LogP contribution in [0, 0.1) is 0 Å². The average molecular weight is 348 g/mol. The van der Waals surface area contributed by atoms with Crippen molar-refractivity contribution >= 4 is 13.8 Å². The third-order valence-corrected chi connectivity index (χ3v) is 4.60. The molecule has 2 aromatic carbocycles. The summed E-state index contributed by atoms with van der Waals surface area (Å²) < 4.78 is 27.8. The van der Waals surface area contributed by atoms with Crippen LogP contribution in [0.3, 0.4) is 0 Å². The lowest BCUT2D eigenvalue weighted by Gasteiger charge is -2.16. The fourth-order valence-corrected chi connectivity index (χ4v) is 3.23. The highest BCUT2D eigenvalue weighted by molar-refractivity contribution is 7.49. The van der Waals surface area contributed by atoms with Crippen LogP contribution in [0.4, 0.5) is 0 Å². The Kier molecular flexibility index (Phi) is 7.19. The van der Waals surface area contributed by atoms with Gasteiger partial charge < -0.3 is 4.52 Å². The van der Waals surface area contributed by atoms with E-state index in [2.05, 4.69) is 0 Å². The molecule has 0 bridgehead atoms. The zero-order chi connectivity index (χ0) is 17.3. The van der Waals surface area contributed by atoms with Gasteiger partial charge in [-0.15, -0.1) is 0 Å². The van der Waals surface area contributed by atoms with Gasteiger partial charge in [0.15, 0.2) is 0 Å². The Morgan fingerprint density at radius 3 is 2.08 bits per heavy atom. The Hall–Kier alpha value is -1.94. The van der Waals surface area contributed by atoms with Crippen LogP contribution < -0.4 is 0 Å². The molecule has 5 nitrogen and oxygen atoms in total. The van der Waals surface area contributed by atoms with E-state index >= 15 is 0 Å². The van der Waals surface area contributed by atoms with Gasteiger partial charge in [0, 0.05) is 6.92 Å². The molecule has 0 spiro atoms. The number of hydrogen-bond acceptors (Lipinski definition) is 5. The molecule has 0 aromatic heterocycles. The first-order valence-electron chi connectivity index (χ1n) is 7.74. The molecule has 1 unspecified atom stereocenters. The maximum atomic E-state index is 12.5. The van der Waals surface area contributed by atoms with Crippen molar-refractivity contribution < 1.29 is 22.9 Å². The van der Waals surface area contributed by atoms with Gasteiger partial charge in [0.2, 0.25) is 0 Å². The highest BCUT2D eigenvalue weighted by atomic mass is 31.2. The van der Waals surface area contributed by atoms with Crippen molar-refractivity contribution in [3.05, 3.63) is 71.8 Å². The molecule has 0 aliphatic carbocycles. The first-order chi connectivity index (χ1) is 11.6. The Morgan fingerprint density at radius 2 is 1.50 bits per heavy atom. The van der Waals surface area contributed by atoms with Crippen LogP contribution in [0.2, 0.25) is 0 Å². The van der Waals surface area contributed by atoms with Crippen LogP contribution in [0.15, 0.2) is 60.7 Å². The molecule has 0 saturated heterocycles. The van der Waals surface area contributed by atoms with Crippen molar-refractivity contribution in [3.63, 3.8) is 0 Å². The predicted octanol–water partition coefficient (Wildman–Crippen LogP) is 4.52. The lowest BCUT2D eigenvalue weighted by Crippen LogP contribution is -2.06. The summed E-state index contributed by atoms with van der Waals surface area (Å²) in [5.41, 5.74) is 1.98. The summed E-state index contributed by atoms with van der Waals surface area (Å²) in [4.78, 5) is 11.2. The molecule has 128 valence electrons. The Labute approximate surface area is 142 Å². The van der Waals surface area contributed by atoms with Crippen LogP contribution in [-0.2, 0) is 36.0 Å². The molecule has 0 amide bonds. The number of phosphoric acid groups is 1. The van der Waals surface area contributed by atoms with Gasteiger partial charge in [-0.3, -0.25) is 13.8 Å². The third kappa shape index (κ3) is 6.67. The van der Waals surface area contributed by atoms with Crippen molar-refractivity contribution in [2.24, 2.45) is 0 Å². The van der Waals surface area contributed by atoms with Crippen molar-refractivity contribution in [1.29, 1.82) is 0 Å². The molecule has 0 aliphatic rings. The molecule has 0 heterocycles. The van der Waals surface area contributed by atoms with E-state index in [1.807, 2.05) is 60.7 Å². The number of benzene rings is 2. The topological polar surface area (TPSA) is 61.8 Å². The summed E-state index contributed by atoms with van der Waals surface area (Å²) in [6.07, 6.45) is 1.42. The molecular weight excluding hydrogens is 327 g/mol. The van der Waals surface area contributed by atoms with Gasteiger partial charge in [-0.25, -0.2) is 4.57 Å². The largest absolute Gasteiger partial charge is 0.532 e. The van der Waals surface area contributed by atoms with Crippen molar-refractivity contribution in [2.45, 2.75) is 26.4 Å². The number of carbonyl (C=O) groups is 1. The molecule has 1 atom stereocenters. The minimum Gasteiger partial charge on any atom is -0.371 e. The second-order valence-corrected chi connectivity index (χ2v) is 6.80. The maximum Gasteiger partial charge on any atom is 0.532 e. The molecular formula is C18H21O5P. The molecule has 0 fully saturated rings. The summed E-state index contributed by atoms with van der Waals surface area (Å²) in [5.74, 6) is -0.700. The number of phosphoric ester groups is 1. The van der Waals surface area contributed by atoms with E-state index in [-0.39, 0.29) is 13.2 Å². The zero-order valence-electron chi connectivity index (χ0n) is 13.6. The third-order valence-electron chi connectivity index (χ3n) is 3.17. The van der Waals surface area contributed by atoms with Crippen LogP contribution in [0.25, 0.3) is 0 Å². The van der Waals surface area contributed by atoms with E-state index < -0.39 is 13.8 Å². The monoisotopic (exact) mass is 348 g/mol.